The normalized spacial score (nSPS) is 14.6. The number of alkyl halides is 3. The Morgan fingerprint density at radius 3 is 2.53 bits per heavy atom. The summed E-state index contributed by atoms with van der Waals surface area (Å²) in [6.07, 6.45) is -2.24. The summed E-state index contributed by atoms with van der Waals surface area (Å²) in [6.45, 7) is 7.07. The zero-order chi connectivity index (χ0) is 32.7. The highest BCUT2D eigenvalue weighted by Crippen LogP contribution is 2.35. The number of carbonyl (C=O) groups excluding carboxylic acids is 3. The van der Waals surface area contributed by atoms with Crippen LogP contribution >= 0.6 is 11.6 Å². The molecule has 236 valence electrons. The first kappa shape index (κ1) is 31.8. The van der Waals surface area contributed by atoms with Crippen LogP contribution in [0.1, 0.15) is 86.8 Å². The Morgan fingerprint density at radius 2 is 1.82 bits per heavy atom. The number of benzene rings is 2. The van der Waals surface area contributed by atoms with Crippen molar-refractivity contribution in [3.8, 4) is 5.75 Å². The lowest BCUT2D eigenvalue weighted by Crippen LogP contribution is -2.30. The van der Waals surface area contributed by atoms with Crippen LogP contribution in [-0.4, -0.2) is 44.3 Å². The molecule has 0 unspecified atom stereocenters. The Labute approximate surface area is 260 Å². The second kappa shape index (κ2) is 12.0. The van der Waals surface area contributed by atoms with Crippen LogP contribution in [0.5, 0.6) is 5.75 Å². The van der Waals surface area contributed by atoms with Crippen LogP contribution in [0, 0.1) is 6.92 Å². The predicted octanol–water partition coefficient (Wildman–Crippen LogP) is 5.89. The van der Waals surface area contributed by atoms with Crippen molar-refractivity contribution in [1.29, 1.82) is 0 Å². The van der Waals surface area contributed by atoms with Crippen LogP contribution in [0.3, 0.4) is 0 Å². The van der Waals surface area contributed by atoms with Gasteiger partial charge in [-0.3, -0.25) is 9.59 Å². The predicted molar refractivity (Wildman–Crippen MR) is 157 cm³/mol. The zero-order valence-corrected chi connectivity index (χ0v) is 25.5. The van der Waals surface area contributed by atoms with E-state index in [0.717, 1.165) is 28.8 Å². The molecule has 0 saturated heterocycles. The van der Waals surface area contributed by atoms with Crippen molar-refractivity contribution in [3.63, 3.8) is 0 Å². The fourth-order valence-electron chi connectivity index (χ4n) is 5.20. The van der Waals surface area contributed by atoms with Crippen molar-refractivity contribution in [2.45, 2.75) is 65.1 Å². The summed E-state index contributed by atoms with van der Waals surface area (Å²) < 4.78 is 48.7. The summed E-state index contributed by atoms with van der Waals surface area (Å²) in [5.41, 5.74) is 2.92. The van der Waals surface area contributed by atoms with E-state index >= 15 is 0 Å². The largest absolute Gasteiger partial charge is 0.573 e. The minimum atomic E-state index is -4.91. The maximum atomic E-state index is 13.6. The number of aromatic nitrogens is 3. The number of nitrogens with zero attached hydrogens (tertiary/aromatic N) is 3. The highest BCUT2D eigenvalue weighted by molar-refractivity contribution is 6.30. The van der Waals surface area contributed by atoms with Gasteiger partial charge in [-0.05, 0) is 87.1 Å². The third-order valence-electron chi connectivity index (χ3n) is 7.06. The second-order valence-electron chi connectivity index (χ2n) is 11.5. The molecular weight excluding hydrogens is 615 g/mol. The SMILES string of the molecule is Cc1c(C(=O)OC(C)(C)C)ccc2c1CC[C@@H]2NC(=O)c1cc(C(=O)NCc2cc(Cl)cc(OC(F)(F)F)c2)nc2ccnn12. The minimum absolute atomic E-state index is 0.0106. The molecule has 1 aliphatic carbocycles. The molecule has 2 heterocycles. The van der Waals surface area contributed by atoms with Crippen LogP contribution in [0.25, 0.3) is 5.65 Å². The van der Waals surface area contributed by atoms with Gasteiger partial charge in [0.15, 0.2) is 5.65 Å². The number of amides is 2. The van der Waals surface area contributed by atoms with Gasteiger partial charge >= 0.3 is 12.3 Å². The Hall–Kier alpha value is -4.65. The molecule has 5 rings (SSSR count). The number of esters is 1. The van der Waals surface area contributed by atoms with Gasteiger partial charge in [0, 0.05) is 23.7 Å². The summed E-state index contributed by atoms with van der Waals surface area (Å²) >= 11 is 5.93. The maximum absolute atomic E-state index is 13.6. The lowest BCUT2D eigenvalue weighted by Gasteiger charge is -2.21. The quantitative estimate of drug-likeness (QED) is 0.241. The molecule has 1 atom stereocenters. The maximum Gasteiger partial charge on any atom is 0.573 e. The molecule has 0 saturated carbocycles. The molecular formula is C31H29ClF3N5O5. The van der Waals surface area contributed by atoms with E-state index in [1.165, 1.54) is 28.9 Å². The number of ether oxygens (including phenoxy) is 2. The van der Waals surface area contributed by atoms with E-state index < -0.39 is 35.5 Å². The zero-order valence-electron chi connectivity index (χ0n) is 24.7. The molecule has 0 aliphatic heterocycles. The van der Waals surface area contributed by atoms with Gasteiger partial charge in [-0.1, -0.05) is 17.7 Å². The highest BCUT2D eigenvalue weighted by atomic mass is 35.5. The second-order valence-corrected chi connectivity index (χ2v) is 12.0. The summed E-state index contributed by atoms with van der Waals surface area (Å²) in [4.78, 5) is 43.6. The monoisotopic (exact) mass is 643 g/mol. The van der Waals surface area contributed by atoms with Gasteiger partial charge in [-0.15, -0.1) is 13.2 Å². The van der Waals surface area contributed by atoms with Gasteiger partial charge in [0.25, 0.3) is 11.8 Å². The smallest absolute Gasteiger partial charge is 0.456 e. The lowest BCUT2D eigenvalue weighted by molar-refractivity contribution is -0.274. The number of carbonyl (C=O) groups is 3. The molecule has 0 fully saturated rings. The van der Waals surface area contributed by atoms with Crippen molar-refractivity contribution < 1.29 is 37.0 Å². The fourth-order valence-corrected chi connectivity index (χ4v) is 5.44. The third kappa shape index (κ3) is 7.36. The summed E-state index contributed by atoms with van der Waals surface area (Å²) in [5.74, 6) is -2.12. The number of hydrogen-bond acceptors (Lipinski definition) is 7. The van der Waals surface area contributed by atoms with Gasteiger partial charge in [0.05, 0.1) is 17.8 Å². The van der Waals surface area contributed by atoms with E-state index in [2.05, 4.69) is 25.5 Å². The Balaban J connectivity index is 1.33. The van der Waals surface area contributed by atoms with Crippen molar-refractivity contribution in [1.82, 2.24) is 25.2 Å². The first-order chi connectivity index (χ1) is 21.1. The van der Waals surface area contributed by atoms with E-state index in [1.807, 2.05) is 13.0 Å². The van der Waals surface area contributed by atoms with Crippen molar-refractivity contribution in [2.75, 3.05) is 0 Å². The van der Waals surface area contributed by atoms with Gasteiger partial charge in [0.1, 0.15) is 22.7 Å². The molecule has 45 heavy (non-hydrogen) atoms. The molecule has 1 aliphatic rings. The van der Waals surface area contributed by atoms with Crippen LogP contribution in [-0.2, 0) is 17.7 Å². The molecule has 2 amide bonds. The first-order valence-corrected chi connectivity index (χ1v) is 14.3. The van der Waals surface area contributed by atoms with Gasteiger partial charge in [-0.2, -0.15) is 5.10 Å². The molecule has 2 N–H and O–H groups in total. The van der Waals surface area contributed by atoms with Crippen LogP contribution < -0.4 is 15.4 Å². The van der Waals surface area contributed by atoms with Crippen LogP contribution in [0.15, 0.2) is 48.7 Å². The van der Waals surface area contributed by atoms with Gasteiger partial charge in [-0.25, -0.2) is 14.3 Å². The molecule has 10 nitrogen and oxygen atoms in total. The van der Waals surface area contributed by atoms with E-state index in [1.54, 1.807) is 26.8 Å². The van der Waals surface area contributed by atoms with Crippen LogP contribution in [0.4, 0.5) is 13.2 Å². The van der Waals surface area contributed by atoms with Crippen LogP contribution in [0.2, 0.25) is 5.02 Å². The fraction of sp³-hybridized carbons (Fsp3) is 0.323. The summed E-state index contributed by atoms with van der Waals surface area (Å²) in [6, 6.07) is 9.46. The summed E-state index contributed by atoms with van der Waals surface area (Å²) in [5, 5.41) is 9.74. The average Bonchev–Trinajstić information content (AvgIpc) is 3.56. The number of halogens is 4. The topological polar surface area (TPSA) is 124 Å². The average molecular weight is 644 g/mol. The van der Waals surface area contributed by atoms with E-state index in [9.17, 15) is 27.6 Å². The Kier molecular flexibility index (Phi) is 8.49. The standard InChI is InChI=1S/C31H29ClF3N5O5/c1-16-20-7-8-23(22(20)6-5-21(16)29(43)45-30(2,3)4)39-28(42)25-14-24(38-26-9-10-37-40(25)26)27(41)36-15-17-11-18(32)13-19(12-17)44-31(33,34)35/h5-6,9-14,23H,7-8,15H2,1-4H3,(H,36,41)(H,39,42)/t23-/m0/s1. The number of fused-ring (bicyclic) bond motifs is 2. The van der Waals surface area contributed by atoms with E-state index in [-0.39, 0.29) is 40.2 Å². The van der Waals surface area contributed by atoms with Crippen molar-refractivity contribution in [3.05, 3.63) is 92.9 Å². The molecule has 0 radical (unpaired) electrons. The van der Waals surface area contributed by atoms with Crippen molar-refractivity contribution in [2.24, 2.45) is 0 Å². The number of rotatable bonds is 7. The first-order valence-electron chi connectivity index (χ1n) is 13.9. The lowest BCUT2D eigenvalue weighted by atomic mass is 9.97. The molecule has 2 aromatic carbocycles. The third-order valence-corrected chi connectivity index (χ3v) is 7.28. The molecule has 0 bridgehead atoms. The molecule has 0 spiro atoms. The minimum Gasteiger partial charge on any atom is -0.456 e. The Morgan fingerprint density at radius 1 is 1.07 bits per heavy atom. The molecule has 4 aromatic rings. The molecule has 14 heteroatoms. The van der Waals surface area contributed by atoms with Gasteiger partial charge in [0.2, 0.25) is 0 Å². The summed E-state index contributed by atoms with van der Waals surface area (Å²) in [7, 11) is 0. The van der Waals surface area contributed by atoms with E-state index in [4.69, 9.17) is 16.3 Å². The number of hydrogen-bond donors (Lipinski definition) is 2. The van der Waals surface area contributed by atoms with E-state index in [0.29, 0.717) is 18.4 Å². The van der Waals surface area contributed by atoms with Gasteiger partial charge < -0.3 is 20.1 Å². The number of nitrogens with one attached hydrogen (secondary N) is 2. The highest BCUT2D eigenvalue weighted by Gasteiger charge is 2.32. The Bertz CT molecular complexity index is 1820. The molecule has 2 aromatic heterocycles. The van der Waals surface area contributed by atoms with Crippen molar-refractivity contribution >= 4 is 35.0 Å².